The number of carbonyl (C=O) groups excluding carboxylic acids is 2. The van der Waals surface area contributed by atoms with E-state index in [0.29, 0.717) is 12.8 Å². The van der Waals surface area contributed by atoms with Crippen LogP contribution in [0.1, 0.15) is 29.6 Å². The van der Waals surface area contributed by atoms with Gasteiger partial charge in [-0.05, 0) is 31.4 Å². The van der Waals surface area contributed by atoms with Gasteiger partial charge >= 0.3 is 5.97 Å². The zero-order valence-corrected chi connectivity index (χ0v) is 12.0. The molecular formula is C13H13ClN2O5. The van der Waals surface area contributed by atoms with E-state index in [1.807, 2.05) is 0 Å². The summed E-state index contributed by atoms with van der Waals surface area (Å²) in [5, 5.41) is 13.4. The third-order valence-electron chi connectivity index (χ3n) is 3.54. The number of rotatable bonds is 4. The lowest BCUT2D eigenvalue weighted by atomic mass is 9.76. The fourth-order valence-electron chi connectivity index (χ4n) is 2.19. The largest absolute Gasteiger partial charge is 0.467 e. The molecule has 8 heteroatoms. The Labute approximate surface area is 125 Å². The number of carbonyl (C=O) groups is 2. The first-order chi connectivity index (χ1) is 9.89. The molecule has 0 bridgehead atoms. The number of ether oxygens (including phenoxy) is 1. The van der Waals surface area contributed by atoms with Gasteiger partial charge in [0.25, 0.3) is 11.6 Å². The molecule has 1 aromatic rings. The van der Waals surface area contributed by atoms with Crippen LogP contribution in [0.25, 0.3) is 0 Å². The van der Waals surface area contributed by atoms with E-state index < -0.39 is 22.3 Å². The van der Waals surface area contributed by atoms with Crippen molar-refractivity contribution in [1.29, 1.82) is 0 Å². The van der Waals surface area contributed by atoms with Crippen molar-refractivity contribution in [2.24, 2.45) is 0 Å². The zero-order valence-electron chi connectivity index (χ0n) is 11.2. The summed E-state index contributed by atoms with van der Waals surface area (Å²) in [5.41, 5.74) is -1.31. The van der Waals surface area contributed by atoms with E-state index in [4.69, 9.17) is 16.3 Å². The summed E-state index contributed by atoms with van der Waals surface area (Å²) in [6, 6.07) is 3.73. The van der Waals surface area contributed by atoms with Crippen LogP contribution in [0.15, 0.2) is 18.2 Å². The second kappa shape index (κ2) is 5.69. The van der Waals surface area contributed by atoms with Gasteiger partial charge in [-0.25, -0.2) is 4.79 Å². The molecule has 0 aliphatic heterocycles. The second-order valence-electron chi connectivity index (χ2n) is 4.80. The first kappa shape index (κ1) is 15.2. The fraction of sp³-hybridized carbons (Fsp3) is 0.385. The quantitative estimate of drug-likeness (QED) is 0.521. The van der Waals surface area contributed by atoms with Gasteiger partial charge in [0.2, 0.25) is 0 Å². The molecule has 0 saturated heterocycles. The first-order valence-corrected chi connectivity index (χ1v) is 6.62. The molecule has 7 nitrogen and oxygen atoms in total. The smallest absolute Gasteiger partial charge is 0.331 e. The van der Waals surface area contributed by atoms with E-state index in [2.05, 4.69) is 5.32 Å². The minimum atomic E-state index is -1.03. The Bertz CT molecular complexity index is 613. The summed E-state index contributed by atoms with van der Waals surface area (Å²) in [7, 11) is 1.25. The normalized spacial score (nSPS) is 15.7. The van der Waals surface area contributed by atoms with Crippen molar-refractivity contribution in [1.82, 2.24) is 5.32 Å². The van der Waals surface area contributed by atoms with Gasteiger partial charge in [0.05, 0.1) is 12.0 Å². The zero-order chi connectivity index (χ0) is 15.6. The molecule has 1 saturated carbocycles. The van der Waals surface area contributed by atoms with Crippen molar-refractivity contribution in [2.75, 3.05) is 7.11 Å². The lowest BCUT2D eigenvalue weighted by Gasteiger charge is -2.39. The third-order valence-corrected chi connectivity index (χ3v) is 3.86. The van der Waals surface area contributed by atoms with Crippen molar-refractivity contribution in [3.63, 3.8) is 0 Å². The first-order valence-electron chi connectivity index (χ1n) is 6.24. The number of methoxy groups -OCH3 is 1. The molecule has 1 amide bonds. The Kier molecular flexibility index (Phi) is 4.13. The second-order valence-corrected chi connectivity index (χ2v) is 5.21. The highest BCUT2D eigenvalue weighted by Gasteiger charge is 2.46. The molecule has 0 aromatic heterocycles. The number of nitro benzene ring substituents is 1. The highest BCUT2D eigenvalue weighted by molar-refractivity contribution is 6.32. The van der Waals surface area contributed by atoms with Crippen molar-refractivity contribution in [3.05, 3.63) is 38.9 Å². The van der Waals surface area contributed by atoms with E-state index in [1.165, 1.54) is 19.2 Å². The number of nitrogens with one attached hydrogen (secondary N) is 1. The molecule has 0 radical (unpaired) electrons. The highest BCUT2D eigenvalue weighted by atomic mass is 35.5. The number of benzene rings is 1. The van der Waals surface area contributed by atoms with E-state index in [1.54, 1.807) is 0 Å². The summed E-state index contributed by atoms with van der Waals surface area (Å²) < 4.78 is 4.69. The van der Waals surface area contributed by atoms with Crippen LogP contribution in [0.4, 0.5) is 5.69 Å². The van der Waals surface area contributed by atoms with Crippen LogP contribution < -0.4 is 5.32 Å². The maximum Gasteiger partial charge on any atom is 0.331 e. The summed E-state index contributed by atoms with van der Waals surface area (Å²) in [5.74, 6) is -1.08. The minimum absolute atomic E-state index is 0.0529. The predicted octanol–water partition coefficient (Wildman–Crippen LogP) is 2.07. The monoisotopic (exact) mass is 312 g/mol. The Morgan fingerprint density at radius 3 is 2.57 bits per heavy atom. The number of hydrogen-bond acceptors (Lipinski definition) is 5. The molecule has 1 N–H and O–H groups in total. The third kappa shape index (κ3) is 2.82. The van der Waals surface area contributed by atoms with Gasteiger partial charge in [0.15, 0.2) is 0 Å². The number of nitrogens with zero attached hydrogens (tertiary/aromatic N) is 1. The molecule has 1 aliphatic rings. The van der Waals surface area contributed by atoms with E-state index in [-0.39, 0.29) is 16.3 Å². The molecule has 0 unspecified atom stereocenters. The summed E-state index contributed by atoms with van der Waals surface area (Å²) in [6.45, 7) is 0. The van der Waals surface area contributed by atoms with Crippen molar-refractivity contribution < 1.29 is 19.2 Å². The van der Waals surface area contributed by atoms with Crippen LogP contribution in [0.5, 0.6) is 0 Å². The Balaban J connectivity index is 2.23. The molecule has 2 rings (SSSR count). The van der Waals surface area contributed by atoms with Crippen molar-refractivity contribution >= 4 is 29.2 Å². The minimum Gasteiger partial charge on any atom is -0.467 e. The number of esters is 1. The van der Waals surface area contributed by atoms with Gasteiger partial charge in [-0.3, -0.25) is 14.9 Å². The summed E-state index contributed by atoms with van der Waals surface area (Å²) in [6.07, 6.45) is 1.78. The van der Waals surface area contributed by atoms with Gasteiger partial charge in [-0.15, -0.1) is 0 Å². The summed E-state index contributed by atoms with van der Waals surface area (Å²) >= 11 is 5.69. The fourth-order valence-corrected chi connectivity index (χ4v) is 2.38. The van der Waals surface area contributed by atoms with E-state index >= 15 is 0 Å². The highest BCUT2D eigenvalue weighted by Crippen LogP contribution is 2.33. The molecule has 1 aromatic carbocycles. The van der Waals surface area contributed by atoms with Crippen molar-refractivity contribution in [2.45, 2.75) is 24.8 Å². The average molecular weight is 313 g/mol. The Hall–Kier alpha value is -2.15. The lowest BCUT2D eigenvalue weighted by molar-refractivity contribution is -0.384. The lowest BCUT2D eigenvalue weighted by Crippen LogP contribution is -2.59. The van der Waals surface area contributed by atoms with Crippen LogP contribution in [-0.2, 0) is 9.53 Å². The molecule has 0 spiro atoms. The van der Waals surface area contributed by atoms with Crippen LogP contribution in [0.2, 0.25) is 5.02 Å². The van der Waals surface area contributed by atoms with Gasteiger partial charge in [0.1, 0.15) is 10.6 Å². The standard InChI is InChI=1S/C13H13ClN2O5/c1-21-12(18)13(5-2-6-13)15-11(17)8-3-4-9(14)10(7-8)16(19)20/h3-4,7H,2,5-6H2,1H3,(H,15,17). The molecular weight excluding hydrogens is 300 g/mol. The van der Waals surface area contributed by atoms with Gasteiger partial charge in [-0.1, -0.05) is 11.6 Å². The average Bonchev–Trinajstić information content (AvgIpc) is 2.41. The molecule has 1 fully saturated rings. The molecule has 0 heterocycles. The number of nitro groups is 1. The Morgan fingerprint density at radius 1 is 1.43 bits per heavy atom. The van der Waals surface area contributed by atoms with Crippen LogP contribution in [-0.4, -0.2) is 29.4 Å². The van der Waals surface area contributed by atoms with Crippen LogP contribution in [0, 0.1) is 10.1 Å². The molecule has 112 valence electrons. The van der Waals surface area contributed by atoms with Gasteiger partial charge < -0.3 is 10.1 Å². The van der Waals surface area contributed by atoms with Gasteiger partial charge in [0, 0.05) is 11.6 Å². The SMILES string of the molecule is COC(=O)C1(NC(=O)c2ccc(Cl)c([N+](=O)[O-])c2)CCC1. The van der Waals surface area contributed by atoms with Crippen LogP contribution in [0.3, 0.4) is 0 Å². The number of amides is 1. The van der Waals surface area contributed by atoms with E-state index in [0.717, 1.165) is 12.5 Å². The van der Waals surface area contributed by atoms with E-state index in [9.17, 15) is 19.7 Å². The van der Waals surface area contributed by atoms with Crippen molar-refractivity contribution in [3.8, 4) is 0 Å². The number of hydrogen-bond donors (Lipinski definition) is 1. The molecule has 1 aliphatic carbocycles. The summed E-state index contributed by atoms with van der Waals surface area (Å²) in [4.78, 5) is 34.1. The number of halogens is 1. The van der Waals surface area contributed by atoms with Crippen LogP contribution >= 0.6 is 11.6 Å². The predicted molar refractivity (Wildman–Crippen MR) is 74.2 cm³/mol. The topological polar surface area (TPSA) is 98.5 Å². The molecule has 0 atom stereocenters. The maximum atomic E-state index is 12.2. The maximum absolute atomic E-state index is 12.2. The molecule has 21 heavy (non-hydrogen) atoms. The van der Waals surface area contributed by atoms with Gasteiger partial charge in [-0.2, -0.15) is 0 Å². The Morgan fingerprint density at radius 2 is 2.10 bits per heavy atom.